The summed E-state index contributed by atoms with van der Waals surface area (Å²) < 4.78 is 0. The van der Waals surface area contributed by atoms with E-state index in [1.807, 2.05) is 5.43 Å². The minimum atomic E-state index is -0.601. The van der Waals surface area contributed by atoms with Crippen LogP contribution in [0.2, 0.25) is 0 Å². The molecule has 0 saturated carbocycles. The summed E-state index contributed by atoms with van der Waals surface area (Å²) in [4.78, 5) is 14.7. The Morgan fingerprint density at radius 2 is 2.33 bits per heavy atom. The first-order valence-corrected chi connectivity index (χ1v) is 3.32. The van der Waals surface area contributed by atoms with Gasteiger partial charge in [0.1, 0.15) is 5.75 Å². The molecule has 0 bridgehead atoms. The van der Waals surface area contributed by atoms with Crippen molar-refractivity contribution >= 4 is 5.91 Å². The van der Waals surface area contributed by atoms with Crippen molar-refractivity contribution in [3.05, 3.63) is 23.5 Å². The van der Waals surface area contributed by atoms with Gasteiger partial charge in [0.2, 0.25) is 0 Å². The van der Waals surface area contributed by atoms with Crippen LogP contribution in [0, 0.1) is 6.92 Å². The number of amides is 1. The maximum Gasteiger partial charge on any atom is 0.287 e. The molecule has 12 heavy (non-hydrogen) atoms. The molecule has 0 atom stereocenters. The number of nitrogens with zero attached hydrogens (tertiary/aromatic N) is 1. The number of hydrogen-bond donors (Lipinski definition) is 3. The fraction of sp³-hybridized carbons (Fsp3) is 0.143. The second-order valence-corrected chi connectivity index (χ2v) is 2.29. The van der Waals surface area contributed by atoms with Crippen LogP contribution < -0.4 is 11.3 Å². The molecule has 5 nitrogen and oxygen atoms in total. The largest absolute Gasteiger partial charge is 0.505 e. The van der Waals surface area contributed by atoms with E-state index in [1.165, 1.54) is 6.07 Å². The fourth-order valence-electron chi connectivity index (χ4n) is 0.785. The second-order valence-electron chi connectivity index (χ2n) is 2.29. The number of carbonyl (C=O) groups is 1. The van der Waals surface area contributed by atoms with Crippen LogP contribution in [-0.4, -0.2) is 16.0 Å². The Labute approximate surface area is 69.2 Å². The van der Waals surface area contributed by atoms with Gasteiger partial charge in [-0.1, -0.05) is 0 Å². The van der Waals surface area contributed by atoms with Crippen molar-refractivity contribution < 1.29 is 9.90 Å². The third-order valence-corrected chi connectivity index (χ3v) is 1.36. The third-order valence-electron chi connectivity index (χ3n) is 1.36. The van der Waals surface area contributed by atoms with E-state index in [9.17, 15) is 4.79 Å². The minimum Gasteiger partial charge on any atom is -0.505 e. The van der Waals surface area contributed by atoms with Gasteiger partial charge in [-0.25, -0.2) is 10.8 Å². The summed E-state index contributed by atoms with van der Waals surface area (Å²) in [5, 5.41) is 9.16. The number of rotatable bonds is 1. The third kappa shape index (κ3) is 1.51. The Hall–Kier alpha value is -1.62. The van der Waals surface area contributed by atoms with Gasteiger partial charge in [0.15, 0.2) is 5.69 Å². The number of hydrazine groups is 1. The number of aromatic nitrogens is 1. The molecule has 1 rings (SSSR count). The maximum absolute atomic E-state index is 10.9. The van der Waals surface area contributed by atoms with Gasteiger partial charge in [0, 0.05) is 5.69 Å². The van der Waals surface area contributed by atoms with Crippen molar-refractivity contribution in [1.29, 1.82) is 0 Å². The van der Waals surface area contributed by atoms with E-state index in [0.29, 0.717) is 5.69 Å². The summed E-state index contributed by atoms with van der Waals surface area (Å²) >= 11 is 0. The quantitative estimate of drug-likeness (QED) is 0.304. The highest BCUT2D eigenvalue weighted by atomic mass is 16.3. The Morgan fingerprint density at radius 1 is 1.67 bits per heavy atom. The number of nitrogens with two attached hydrogens (primary N) is 1. The normalized spacial score (nSPS) is 9.50. The second kappa shape index (κ2) is 3.19. The molecule has 1 aromatic heterocycles. The number of carbonyl (C=O) groups excluding carboxylic acids is 1. The Balaban J connectivity index is 3.13. The molecule has 0 aliphatic heterocycles. The molecule has 0 radical (unpaired) electrons. The van der Waals surface area contributed by atoms with E-state index in [4.69, 9.17) is 10.9 Å². The zero-order valence-corrected chi connectivity index (χ0v) is 6.53. The highest BCUT2D eigenvalue weighted by Gasteiger charge is 2.10. The van der Waals surface area contributed by atoms with Crippen molar-refractivity contribution in [3.63, 3.8) is 0 Å². The van der Waals surface area contributed by atoms with Crippen LogP contribution in [0.4, 0.5) is 0 Å². The van der Waals surface area contributed by atoms with Gasteiger partial charge in [-0.05, 0) is 19.1 Å². The molecule has 1 aromatic rings. The number of nitrogens with one attached hydrogen (secondary N) is 1. The van der Waals surface area contributed by atoms with Crippen LogP contribution in [0.15, 0.2) is 12.1 Å². The van der Waals surface area contributed by atoms with Crippen LogP contribution >= 0.6 is 0 Å². The van der Waals surface area contributed by atoms with Crippen LogP contribution in [0.25, 0.3) is 0 Å². The molecule has 1 amide bonds. The van der Waals surface area contributed by atoms with Gasteiger partial charge < -0.3 is 5.11 Å². The molecule has 0 aliphatic carbocycles. The highest BCUT2D eigenvalue weighted by Crippen LogP contribution is 2.13. The van der Waals surface area contributed by atoms with Crippen LogP contribution in [0.1, 0.15) is 16.2 Å². The molecule has 4 N–H and O–H groups in total. The van der Waals surface area contributed by atoms with E-state index in [-0.39, 0.29) is 11.4 Å². The van der Waals surface area contributed by atoms with E-state index < -0.39 is 5.91 Å². The molecule has 0 fully saturated rings. The Kier molecular flexibility index (Phi) is 2.25. The van der Waals surface area contributed by atoms with Crippen LogP contribution in [0.3, 0.4) is 0 Å². The van der Waals surface area contributed by atoms with E-state index in [1.54, 1.807) is 13.0 Å². The number of aryl methyl sites for hydroxylation is 1. The molecule has 0 aliphatic rings. The summed E-state index contributed by atoms with van der Waals surface area (Å²) in [6.07, 6.45) is 0. The van der Waals surface area contributed by atoms with Crippen LogP contribution in [0.5, 0.6) is 5.75 Å². The van der Waals surface area contributed by atoms with E-state index in [2.05, 4.69) is 4.98 Å². The smallest absolute Gasteiger partial charge is 0.287 e. The highest BCUT2D eigenvalue weighted by molar-refractivity contribution is 5.94. The van der Waals surface area contributed by atoms with Gasteiger partial charge in [0.05, 0.1) is 0 Å². The monoisotopic (exact) mass is 167 g/mol. The summed E-state index contributed by atoms with van der Waals surface area (Å²) in [5.41, 5.74) is 2.47. The molecule has 64 valence electrons. The standard InChI is InChI=1S/C7H9N3O2/c1-4-2-3-5(11)6(9-4)7(12)10-8/h2-3,11H,8H2,1H3,(H,10,12). The summed E-state index contributed by atoms with van der Waals surface area (Å²) in [6.45, 7) is 1.72. The lowest BCUT2D eigenvalue weighted by atomic mass is 10.3. The van der Waals surface area contributed by atoms with Gasteiger partial charge in [0.25, 0.3) is 5.91 Å². The van der Waals surface area contributed by atoms with Crippen molar-refractivity contribution in [2.24, 2.45) is 5.84 Å². The van der Waals surface area contributed by atoms with Crippen LogP contribution in [-0.2, 0) is 0 Å². The lowest BCUT2D eigenvalue weighted by Gasteiger charge is -2.01. The summed E-state index contributed by atoms with van der Waals surface area (Å²) in [5.74, 6) is 4.09. The number of hydrogen-bond acceptors (Lipinski definition) is 4. The number of aromatic hydroxyl groups is 1. The van der Waals surface area contributed by atoms with Crippen molar-refractivity contribution in [2.45, 2.75) is 6.92 Å². The molecule has 0 aromatic carbocycles. The average Bonchev–Trinajstić information content (AvgIpc) is 2.08. The zero-order valence-electron chi connectivity index (χ0n) is 6.53. The summed E-state index contributed by atoms with van der Waals surface area (Å²) in [6, 6.07) is 3.00. The van der Waals surface area contributed by atoms with Crippen molar-refractivity contribution in [3.8, 4) is 5.75 Å². The number of nitrogen functional groups attached to an aromatic ring is 1. The Bertz CT molecular complexity index is 312. The predicted molar refractivity (Wildman–Crippen MR) is 42.3 cm³/mol. The average molecular weight is 167 g/mol. The van der Waals surface area contributed by atoms with Gasteiger partial charge >= 0.3 is 0 Å². The maximum atomic E-state index is 10.9. The zero-order chi connectivity index (χ0) is 9.14. The molecular formula is C7H9N3O2. The van der Waals surface area contributed by atoms with Crippen molar-refractivity contribution in [2.75, 3.05) is 0 Å². The van der Waals surface area contributed by atoms with Gasteiger partial charge in [-0.15, -0.1) is 0 Å². The van der Waals surface area contributed by atoms with Gasteiger partial charge in [-0.2, -0.15) is 0 Å². The van der Waals surface area contributed by atoms with Crippen molar-refractivity contribution in [1.82, 2.24) is 10.4 Å². The fourth-order valence-corrected chi connectivity index (χ4v) is 0.785. The van der Waals surface area contributed by atoms with Gasteiger partial charge in [-0.3, -0.25) is 10.2 Å². The summed E-state index contributed by atoms with van der Waals surface area (Å²) in [7, 11) is 0. The molecular weight excluding hydrogens is 158 g/mol. The first-order valence-electron chi connectivity index (χ1n) is 3.32. The van der Waals surface area contributed by atoms with E-state index in [0.717, 1.165) is 0 Å². The number of pyridine rings is 1. The first-order chi connectivity index (χ1) is 5.65. The first kappa shape index (κ1) is 8.48. The molecule has 0 saturated heterocycles. The molecule has 1 heterocycles. The molecule has 5 heteroatoms. The predicted octanol–water partition coefficient (Wildman–Crippen LogP) is -0.301. The molecule has 0 spiro atoms. The SMILES string of the molecule is Cc1ccc(O)c(C(=O)NN)n1. The molecule has 0 unspecified atom stereocenters. The Morgan fingerprint density at radius 3 is 2.92 bits per heavy atom. The minimum absolute atomic E-state index is 0.0579. The lowest BCUT2D eigenvalue weighted by Crippen LogP contribution is -2.30. The topological polar surface area (TPSA) is 88.2 Å². The van der Waals surface area contributed by atoms with E-state index >= 15 is 0 Å². The lowest BCUT2D eigenvalue weighted by molar-refractivity contribution is 0.0945.